The summed E-state index contributed by atoms with van der Waals surface area (Å²) in [5.41, 5.74) is 0.596. The molecule has 1 N–H and O–H groups in total. The van der Waals surface area contributed by atoms with Crippen molar-refractivity contribution in [1.29, 1.82) is 0 Å². The van der Waals surface area contributed by atoms with Gasteiger partial charge in [0, 0.05) is 10.9 Å². The molecule has 0 aliphatic heterocycles. The van der Waals surface area contributed by atoms with Crippen LogP contribution in [0.4, 0.5) is 0 Å². The lowest BCUT2D eigenvalue weighted by Gasteiger charge is -2.03. The highest BCUT2D eigenvalue weighted by Gasteiger charge is 2.14. The summed E-state index contributed by atoms with van der Waals surface area (Å²) >= 11 is 0. The Morgan fingerprint density at radius 2 is 1.77 bits per heavy atom. The first-order chi connectivity index (χ1) is 12.7. The molecule has 0 atom stereocenters. The third-order valence-corrected chi connectivity index (χ3v) is 3.90. The number of aromatic nitrogens is 1. The molecule has 2 aromatic heterocycles. The van der Waals surface area contributed by atoms with E-state index in [1.807, 2.05) is 36.4 Å². The van der Waals surface area contributed by atoms with Crippen LogP contribution < -0.4 is 10.9 Å². The molecule has 2 aromatic carbocycles. The van der Waals surface area contributed by atoms with Crippen molar-refractivity contribution in [3.8, 4) is 11.3 Å². The van der Waals surface area contributed by atoms with Gasteiger partial charge in [-0.05, 0) is 12.1 Å². The van der Waals surface area contributed by atoms with E-state index in [9.17, 15) is 9.59 Å². The van der Waals surface area contributed by atoms with Crippen LogP contribution >= 0.6 is 0 Å². The van der Waals surface area contributed by atoms with Gasteiger partial charge in [0.25, 0.3) is 5.91 Å². The fourth-order valence-corrected chi connectivity index (χ4v) is 2.60. The van der Waals surface area contributed by atoms with Crippen LogP contribution in [0.5, 0.6) is 0 Å². The van der Waals surface area contributed by atoms with Crippen molar-refractivity contribution in [2.75, 3.05) is 0 Å². The van der Waals surface area contributed by atoms with Gasteiger partial charge in [0.05, 0.1) is 12.7 Å². The minimum Gasteiger partial charge on any atom is -0.439 e. The number of benzene rings is 2. The van der Waals surface area contributed by atoms with Crippen LogP contribution in [0.2, 0.25) is 0 Å². The molecule has 6 nitrogen and oxygen atoms in total. The maximum Gasteiger partial charge on any atom is 0.349 e. The molecule has 0 bridgehead atoms. The Balaban J connectivity index is 1.50. The van der Waals surface area contributed by atoms with E-state index in [4.69, 9.17) is 8.83 Å². The van der Waals surface area contributed by atoms with Crippen LogP contribution in [-0.2, 0) is 6.54 Å². The number of nitrogens with zero attached hydrogens (tertiary/aromatic N) is 1. The maximum atomic E-state index is 12.3. The highest BCUT2D eigenvalue weighted by atomic mass is 16.4. The number of carbonyl (C=O) groups is 1. The lowest BCUT2D eigenvalue weighted by atomic mass is 10.2. The quantitative estimate of drug-likeness (QED) is 0.573. The molecule has 26 heavy (non-hydrogen) atoms. The molecule has 0 radical (unpaired) electrons. The van der Waals surface area contributed by atoms with Crippen molar-refractivity contribution in [2.24, 2.45) is 0 Å². The zero-order valence-electron chi connectivity index (χ0n) is 13.6. The predicted octanol–water partition coefficient (Wildman–Crippen LogP) is 3.38. The average molecular weight is 346 g/mol. The second kappa shape index (κ2) is 6.68. The summed E-state index contributed by atoms with van der Waals surface area (Å²) in [4.78, 5) is 28.5. The first-order valence-corrected chi connectivity index (χ1v) is 8.02. The van der Waals surface area contributed by atoms with Crippen molar-refractivity contribution in [3.05, 3.63) is 88.7 Å². The van der Waals surface area contributed by atoms with Gasteiger partial charge in [-0.3, -0.25) is 4.79 Å². The normalized spacial score (nSPS) is 10.8. The van der Waals surface area contributed by atoms with Crippen LogP contribution in [0.3, 0.4) is 0 Å². The van der Waals surface area contributed by atoms with Gasteiger partial charge in [0.1, 0.15) is 11.1 Å². The van der Waals surface area contributed by atoms with Crippen LogP contribution in [0.25, 0.3) is 22.3 Å². The van der Waals surface area contributed by atoms with E-state index in [-0.39, 0.29) is 12.1 Å². The smallest absolute Gasteiger partial charge is 0.349 e. The molecule has 0 unspecified atom stereocenters. The maximum absolute atomic E-state index is 12.3. The molecule has 1 amide bonds. The standard InChI is InChI=1S/C20H14N2O4/c23-19(15-10-14-8-4-5-9-16(14)26-20(15)24)22-12-18-21-11-17(25-18)13-6-2-1-3-7-13/h1-11H,12H2,(H,22,23). The van der Waals surface area contributed by atoms with Gasteiger partial charge in [-0.25, -0.2) is 9.78 Å². The fourth-order valence-electron chi connectivity index (χ4n) is 2.60. The second-order valence-corrected chi connectivity index (χ2v) is 5.65. The Labute approximate surface area is 148 Å². The van der Waals surface area contributed by atoms with Crippen molar-refractivity contribution in [2.45, 2.75) is 6.54 Å². The number of hydrogen-bond donors (Lipinski definition) is 1. The van der Waals surface area contributed by atoms with Crippen LogP contribution in [0, 0.1) is 0 Å². The van der Waals surface area contributed by atoms with E-state index >= 15 is 0 Å². The summed E-state index contributed by atoms with van der Waals surface area (Å²) in [5.74, 6) is 0.423. The van der Waals surface area contributed by atoms with Gasteiger partial charge in [-0.1, -0.05) is 48.5 Å². The molecule has 0 saturated carbocycles. The zero-order valence-corrected chi connectivity index (χ0v) is 13.6. The third-order valence-electron chi connectivity index (χ3n) is 3.90. The number of amides is 1. The van der Waals surface area contributed by atoms with Gasteiger partial charge >= 0.3 is 5.63 Å². The Morgan fingerprint density at radius 1 is 1.00 bits per heavy atom. The molecule has 0 aliphatic rings. The molecule has 2 heterocycles. The largest absolute Gasteiger partial charge is 0.439 e. The SMILES string of the molecule is O=C(NCc1ncc(-c2ccccc2)o1)c1cc2ccccc2oc1=O. The summed E-state index contributed by atoms with van der Waals surface area (Å²) < 4.78 is 10.8. The van der Waals surface area contributed by atoms with Crippen molar-refractivity contribution in [3.63, 3.8) is 0 Å². The molecule has 4 rings (SSSR count). The summed E-state index contributed by atoms with van der Waals surface area (Å²) in [6, 6.07) is 18.1. The number of carbonyl (C=O) groups excluding carboxylic acids is 1. The molecule has 6 heteroatoms. The van der Waals surface area contributed by atoms with E-state index in [1.54, 1.807) is 24.4 Å². The summed E-state index contributed by atoms with van der Waals surface area (Å²) in [6.45, 7) is 0.0674. The summed E-state index contributed by atoms with van der Waals surface area (Å²) in [7, 11) is 0. The lowest BCUT2D eigenvalue weighted by molar-refractivity contribution is 0.0944. The van der Waals surface area contributed by atoms with Crippen LogP contribution in [0.1, 0.15) is 16.2 Å². The number of fused-ring (bicyclic) bond motifs is 1. The number of nitrogens with one attached hydrogen (secondary N) is 1. The average Bonchev–Trinajstić information content (AvgIpc) is 3.15. The third kappa shape index (κ3) is 3.12. The van der Waals surface area contributed by atoms with Gasteiger partial charge in [-0.2, -0.15) is 0 Å². The van der Waals surface area contributed by atoms with Gasteiger partial charge in [-0.15, -0.1) is 0 Å². The van der Waals surface area contributed by atoms with Crippen molar-refractivity contribution < 1.29 is 13.6 Å². The topological polar surface area (TPSA) is 85.3 Å². The van der Waals surface area contributed by atoms with E-state index in [1.165, 1.54) is 6.07 Å². The summed E-state index contributed by atoms with van der Waals surface area (Å²) in [5, 5.41) is 3.31. The first-order valence-electron chi connectivity index (χ1n) is 8.02. The Kier molecular flexibility index (Phi) is 4.07. The lowest BCUT2D eigenvalue weighted by Crippen LogP contribution is -2.27. The molecule has 128 valence electrons. The fraction of sp³-hybridized carbons (Fsp3) is 0.0500. The van der Waals surface area contributed by atoms with Crippen molar-refractivity contribution in [1.82, 2.24) is 10.3 Å². The second-order valence-electron chi connectivity index (χ2n) is 5.65. The number of para-hydroxylation sites is 1. The minimum atomic E-state index is -0.682. The van der Waals surface area contributed by atoms with Gasteiger partial charge in [0.15, 0.2) is 5.76 Å². The van der Waals surface area contributed by atoms with E-state index < -0.39 is 11.5 Å². The molecule has 0 aliphatic carbocycles. The van der Waals surface area contributed by atoms with E-state index in [2.05, 4.69) is 10.3 Å². The van der Waals surface area contributed by atoms with Gasteiger partial charge < -0.3 is 14.2 Å². The van der Waals surface area contributed by atoms with E-state index in [0.29, 0.717) is 22.6 Å². The highest BCUT2D eigenvalue weighted by molar-refractivity contribution is 5.96. The molecule has 0 fully saturated rings. The minimum absolute atomic E-state index is 0.0569. The van der Waals surface area contributed by atoms with E-state index in [0.717, 1.165) is 5.56 Å². The monoisotopic (exact) mass is 346 g/mol. The predicted molar refractivity (Wildman–Crippen MR) is 95.6 cm³/mol. The number of rotatable bonds is 4. The summed E-state index contributed by atoms with van der Waals surface area (Å²) in [6.07, 6.45) is 1.60. The highest BCUT2D eigenvalue weighted by Crippen LogP contribution is 2.19. The van der Waals surface area contributed by atoms with Gasteiger partial charge in [0.2, 0.25) is 5.89 Å². The van der Waals surface area contributed by atoms with Crippen molar-refractivity contribution >= 4 is 16.9 Å². The molecule has 4 aromatic rings. The Bertz CT molecular complexity index is 1130. The Hall–Kier alpha value is -3.67. The van der Waals surface area contributed by atoms with Crippen LogP contribution in [-0.4, -0.2) is 10.9 Å². The molecule has 0 saturated heterocycles. The number of oxazole rings is 1. The zero-order chi connectivity index (χ0) is 17.9. The first kappa shape index (κ1) is 15.8. The molecular weight excluding hydrogens is 332 g/mol. The Morgan fingerprint density at radius 3 is 2.62 bits per heavy atom. The number of hydrogen-bond acceptors (Lipinski definition) is 5. The van der Waals surface area contributed by atoms with Crippen LogP contribution in [0.15, 0.2) is 80.5 Å². The molecular formula is C20H14N2O4. The molecule has 0 spiro atoms.